The van der Waals surface area contributed by atoms with Crippen LogP contribution in [0, 0.1) is 13.8 Å². The Hall–Kier alpha value is -3.88. The minimum atomic E-state index is -1.30. The maximum absolute atomic E-state index is 13.7. The molecular weight excluding hydrogens is 472 g/mol. The summed E-state index contributed by atoms with van der Waals surface area (Å²) in [7, 11) is 0. The van der Waals surface area contributed by atoms with Crippen molar-refractivity contribution in [2.75, 3.05) is 6.54 Å². The van der Waals surface area contributed by atoms with Crippen LogP contribution in [0.1, 0.15) is 62.4 Å². The number of carbonyl (C=O) groups excluding carboxylic acids is 4. The number of ether oxygens (including phenoxy) is 1. The van der Waals surface area contributed by atoms with Crippen molar-refractivity contribution < 1.29 is 23.9 Å². The van der Waals surface area contributed by atoms with Crippen molar-refractivity contribution in [3.8, 4) is 0 Å². The number of nitrogens with two attached hydrogens (primary N) is 1. The van der Waals surface area contributed by atoms with Crippen LogP contribution in [0.2, 0.25) is 0 Å². The molecule has 0 bridgehead atoms. The zero-order valence-electron chi connectivity index (χ0n) is 22.5. The Morgan fingerprint density at radius 3 is 2.11 bits per heavy atom. The van der Waals surface area contributed by atoms with E-state index in [0.29, 0.717) is 5.56 Å². The number of carbonyl (C=O) groups is 4. The van der Waals surface area contributed by atoms with E-state index in [9.17, 15) is 19.2 Å². The van der Waals surface area contributed by atoms with E-state index in [-0.39, 0.29) is 19.0 Å². The Morgan fingerprint density at radius 2 is 1.59 bits per heavy atom. The largest absolute Gasteiger partial charge is 0.444 e. The Balaban J connectivity index is 2.43. The molecule has 0 aliphatic heterocycles. The average Bonchev–Trinajstić information content (AvgIpc) is 2.78. The van der Waals surface area contributed by atoms with E-state index in [2.05, 4.69) is 10.6 Å². The van der Waals surface area contributed by atoms with Crippen molar-refractivity contribution in [3.05, 3.63) is 70.8 Å². The number of alkyl carbamates (subject to hydrolysis) is 1. The van der Waals surface area contributed by atoms with Crippen molar-refractivity contribution in [1.82, 2.24) is 15.5 Å². The van der Waals surface area contributed by atoms with Crippen molar-refractivity contribution in [1.29, 1.82) is 0 Å². The van der Waals surface area contributed by atoms with E-state index in [0.717, 1.165) is 16.7 Å². The Labute approximate surface area is 218 Å². The first kappa shape index (κ1) is 29.4. The van der Waals surface area contributed by atoms with Gasteiger partial charge in [-0.05, 0) is 52.7 Å². The third-order valence-electron chi connectivity index (χ3n) is 5.45. The summed E-state index contributed by atoms with van der Waals surface area (Å²) in [6.45, 7) is 11.0. The molecule has 0 saturated heterocycles. The summed E-state index contributed by atoms with van der Waals surface area (Å²) in [6.07, 6.45) is -1.31. The van der Waals surface area contributed by atoms with Gasteiger partial charge in [0, 0.05) is 13.1 Å². The summed E-state index contributed by atoms with van der Waals surface area (Å²) < 4.78 is 5.27. The number of amides is 4. The van der Waals surface area contributed by atoms with Gasteiger partial charge >= 0.3 is 6.09 Å². The summed E-state index contributed by atoms with van der Waals surface area (Å²) in [5.74, 6) is -1.78. The van der Waals surface area contributed by atoms with Crippen LogP contribution in [0.15, 0.2) is 48.5 Å². The molecule has 2 atom stereocenters. The van der Waals surface area contributed by atoms with Crippen LogP contribution in [0.25, 0.3) is 0 Å². The van der Waals surface area contributed by atoms with E-state index >= 15 is 0 Å². The molecule has 200 valence electrons. The maximum atomic E-state index is 13.7. The van der Waals surface area contributed by atoms with Crippen LogP contribution in [0.3, 0.4) is 0 Å². The quantitative estimate of drug-likeness (QED) is 0.452. The number of likely N-dealkylation sites (N-methyl/N-ethyl adjacent to an activating group) is 1. The number of nitrogens with one attached hydrogen (secondary N) is 2. The fourth-order valence-electron chi connectivity index (χ4n) is 4.04. The van der Waals surface area contributed by atoms with E-state index in [1.165, 1.54) is 4.90 Å². The molecule has 2 rings (SSSR count). The van der Waals surface area contributed by atoms with Crippen molar-refractivity contribution in [2.24, 2.45) is 5.73 Å². The Bertz CT molecular complexity index is 1090. The van der Waals surface area contributed by atoms with Gasteiger partial charge in [-0.15, -0.1) is 0 Å². The first-order valence-electron chi connectivity index (χ1n) is 12.3. The van der Waals surface area contributed by atoms with Gasteiger partial charge in [-0.1, -0.05) is 59.7 Å². The van der Waals surface area contributed by atoms with Crippen LogP contribution in [-0.4, -0.2) is 46.9 Å². The Morgan fingerprint density at radius 1 is 1.00 bits per heavy atom. The lowest BCUT2D eigenvalue weighted by molar-refractivity contribution is -0.143. The number of primary amides is 1. The molecule has 0 spiro atoms. The summed E-state index contributed by atoms with van der Waals surface area (Å²) in [4.78, 5) is 52.9. The summed E-state index contributed by atoms with van der Waals surface area (Å²) >= 11 is 0. The fraction of sp³-hybridized carbons (Fsp3) is 0.429. The predicted octanol–water partition coefficient (Wildman–Crippen LogP) is 3.28. The first-order chi connectivity index (χ1) is 17.3. The molecule has 37 heavy (non-hydrogen) atoms. The van der Waals surface area contributed by atoms with Gasteiger partial charge in [0.15, 0.2) is 0 Å². The normalized spacial score (nSPS) is 12.7. The van der Waals surface area contributed by atoms with E-state index < -0.39 is 42.0 Å². The fourth-order valence-corrected chi connectivity index (χ4v) is 4.04. The molecule has 0 heterocycles. The number of nitrogens with zero attached hydrogens (tertiary/aromatic N) is 1. The second-order valence-corrected chi connectivity index (χ2v) is 10.0. The molecule has 0 fully saturated rings. The maximum Gasteiger partial charge on any atom is 0.408 e. The Kier molecular flexibility index (Phi) is 10.2. The van der Waals surface area contributed by atoms with Crippen molar-refractivity contribution in [3.63, 3.8) is 0 Å². The van der Waals surface area contributed by atoms with Gasteiger partial charge in [0.1, 0.15) is 17.7 Å². The highest BCUT2D eigenvalue weighted by molar-refractivity contribution is 5.94. The van der Waals surface area contributed by atoms with Gasteiger partial charge in [0.25, 0.3) is 0 Å². The zero-order valence-corrected chi connectivity index (χ0v) is 22.5. The summed E-state index contributed by atoms with van der Waals surface area (Å²) in [5.41, 5.74) is 7.97. The third-order valence-corrected chi connectivity index (χ3v) is 5.45. The lowest BCUT2D eigenvalue weighted by Gasteiger charge is -2.33. The van der Waals surface area contributed by atoms with E-state index in [1.54, 1.807) is 27.7 Å². The number of benzene rings is 2. The number of rotatable bonds is 10. The molecule has 4 amide bonds. The highest BCUT2D eigenvalue weighted by Crippen LogP contribution is 2.25. The molecule has 4 N–H and O–H groups in total. The van der Waals surface area contributed by atoms with Crippen LogP contribution < -0.4 is 16.4 Å². The highest BCUT2D eigenvalue weighted by atomic mass is 16.6. The van der Waals surface area contributed by atoms with Gasteiger partial charge < -0.3 is 26.0 Å². The zero-order chi connectivity index (χ0) is 27.8. The van der Waals surface area contributed by atoms with Crippen molar-refractivity contribution in [2.45, 2.75) is 72.2 Å². The molecule has 0 radical (unpaired) electrons. The van der Waals surface area contributed by atoms with Gasteiger partial charge in [0.05, 0.1) is 6.42 Å². The van der Waals surface area contributed by atoms with Gasteiger partial charge in [-0.3, -0.25) is 14.4 Å². The van der Waals surface area contributed by atoms with Crippen LogP contribution in [-0.2, 0) is 25.7 Å². The topological polar surface area (TPSA) is 131 Å². The first-order valence-corrected chi connectivity index (χ1v) is 12.3. The molecule has 9 nitrogen and oxygen atoms in total. The number of hydrogen-bond acceptors (Lipinski definition) is 5. The standard InChI is InChI=1S/C28H38N4O5/c1-7-32(26(35)22(16-23(29)33)31-27(36)37-28(4,5)6)24(21-14-18(2)13-19(3)15-21)25(34)30-17-20-11-9-8-10-12-20/h8-15,22,24H,7,16-17H2,1-6H3,(H2,29,33)(H,30,34)(H,31,36). The molecule has 2 aromatic carbocycles. The molecule has 2 aromatic rings. The SMILES string of the molecule is CCN(C(=O)C(CC(N)=O)NC(=O)OC(C)(C)C)C(C(=O)NCc1ccccc1)c1cc(C)cc(C)c1. The van der Waals surface area contributed by atoms with E-state index in [4.69, 9.17) is 10.5 Å². The monoisotopic (exact) mass is 510 g/mol. The van der Waals surface area contributed by atoms with Crippen molar-refractivity contribution >= 4 is 23.8 Å². The minimum absolute atomic E-state index is 0.139. The number of hydrogen-bond donors (Lipinski definition) is 3. The van der Waals surface area contributed by atoms with Crippen LogP contribution >= 0.6 is 0 Å². The second kappa shape index (κ2) is 12.9. The molecule has 0 aliphatic rings. The predicted molar refractivity (Wildman–Crippen MR) is 141 cm³/mol. The number of aryl methyl sites for hydroxylation is 2. The second-order valence-electron chi connectivity index (χ2n) is 10.0. The summed E-state index contributed by atoms with van der Waals surface area (Å²) in [5, 5.41) is 5.38. The van der Waals surface area contributed by atoms with E-state index in [1.807, 2.05) is 62.4 Å². The molecule has 9 heteroatoms. The molecular formula is C28H38N4O5. The van der Waals surface area contributed by atoms with Crippen LogP contribution in [0.5, 0.6) is 0 Å². The molecule has 0 saturated carbocycles. The van der Waals surface area contributed by atoms with Gasteiger partial charge in [-0.25, -0.2) is 4.79 Å². The lowest BCUT2D eigenvalue weighted by atomic mass is 9.98. The van der Waals surface area contributed by atoms with Crippen LogP contribution in [0.4, 0.5) is 4.79 Å². The summed E-state index contributed by atoms with van der Waals surface area (Å²) in [6, 6.07) is 12.8. The highest BCUT2D eigenvalue weighted by Gasteiger charge is 2.36. The molecule has 0 aromatic heterocycles. The smallest absolute Gasteiger partial charge is 0.408 e. The minimum Gasteiger partial charge on any atom is -0.444 e. The lowest BCUT2D eigenvalue weighted by Crippen LogP contribution is -2.54. The molecule has 2 unspecified atom stereocenters. The van der Waals surface area contributed by atoms with Gasteiger partial charge in [-0.2, -0.15) is 0 Å². The third kappa shape index (κ3) is 9.25. The van der Waals surface area contributed by atoms with Gasteiger partial charge in [0.2, 0.25) is 17.7 Å². The average molecular weight is 511 g/mol. The molecule has 0 aliphatic carbocycles.